The first-order chi connectivity index (χ1) is 12.9. The average molecular weight is 390 g/mol. The van der Waals surface area contributed by atoms with E-state index in [0.717, 1.165) is 17.0 Å². The molecule has 1 unspecified atom stereocenters. The lowest BCUT2D eigenvalue weighted by Crippen LogP contribution is -2.26. The third-order valence-corrected chi connectivity index (χ3v) is 5.29. The molecule has 0 fully saturated rings. The van der Waals surface area contributed by atoms with E-state index < -0.39 is 22.9 Å². The standard InChI is InChI=1S/C20H17F3N2OS/c1-2-17(27-18-12-11-13-7-3-5-9-15(13)24-18)19(26)25-16-10-6-4-8-14(16)20(21,22)23/h3-12,17H,2H2,1H3,(H,25,26). The number of benzene rings is 2. The fourth-order valence-electron chi connectivity index (χ4n) is 2.63. The molecule has 7 heteroatoms. The fraction of sp³-hybridized carbons (Fsp3) is 0.200. The van der Waals surface area contributed by atoms with Crippen molar-refractivity contribution >= 4 is 34.3 Å². The maximum Gasteiger partial charge on any atom is 0.418 e. The lowest BCUT2D eigenvalue weighted by Gasteiger charge is -2.17. The number of thioether (sulfide) groups is 1. The Balaban J connectivity index is 1.78. The summed E-state index contributed by atoms with van der Waals surface area (Å²) in [6, 6.07) is 16.3. The molecule has 3 nitrogen and oxygen atoms in total. The van der Waals surface area contributed by atoms with E-state index in [-0.39, 0.29) is 5.69 Å². The maximum atomic E-state index is 13.1. The first-order valence-electron chi connectivity index (χ1n) is 8.38. The number of alkyl halides is 3. The van der Waals surface area contributed by atoms with Gasteiger partial charge in [-0.2, -0.15) is 13.2 Å². The van der Waals surface area contributed by atoms with Crippen molar-refractivity contribution in [1.82, 2.24) is 4.98 Å². The van der Waals surface area contributed by atoms with Crippen molar-refractivity contribution in [2.45, 2.75) is 29.8 Å². The molecular formula is C20H17F3N2OS. The molecule has 1 N–H and O–H groups in total. The number of amides is 1. The van der Waals surface area contributed by atoms with E-state index in [9.17, 15) is 18.0 Å². The minimum Gasteiger partial charge on any atom is -0.325 e. The van der Waals surface area contributed by atoms with Crippen molar-refractivity contribution in [3.63, 3.8) is 0 Å². The predicted octanol–water partition coefficient (Wildman–Crippen LogP) is 5.76. The Bertz CT molecular complexity index is 959. The highest BCUT2D eigenvalue weighted by molar-refractivity contribution is 8.00. The number of halogens is 3. The molecule has 0 aliphatic rings. The third kappa shape index (κ3) is 4.60. The van der Waals surface area contributed by atoms with E-state index in [1.165, 1.54) is 30.0 Å². The average Bonchev–Trinajstić information content (AvgIpc) is 2.65. The molecule has 0 saturated heterocycles. The van der Waals surface area contributed by atoms with Gasteiger partial charge >= 0.3 is 6.18 Å². The van der Waals surface area contributed by atoms with Gasteiger partial charge in [0.2, 0.25) is 5.91 Å². The summed E-state index contributed by atoms with van der Waals surface area (Å²) in [6.45, 7) is 1.81. The van der Waals surface area contributed by atoms with Gasteiger partial charge in [0.25, 0.3) is 0 Å². The molecule has 0 aliphatic heterocycles. The molecule has 0 bridgehead atoms. The number of aromatic nitrogens is 1. The highest BCUT2D eigenvalue weighted by atomic mass is 32.2. The van der Waals surface area contributed by atoms with E-state index in [2.05, 4.69) is 10.3 Å². The molecule has 1 atom stereocenters. The van der Waals surface area contributed by atoms with E-state index in [1.807, 2.05) is 43.3 Å². The monoisotopic (exact) mass is 390 g/mol. The second-order valence-electron chi connectivity index (χ2n) is 5.89. The summed E-state index contributed by atoms with van der Waals surface area (Å²) >= 11 is 1.24. The molecule has 1 amide bonds. The van der Waals surface area contributed by atoms with Gasteiger partial charge < -0.3 is 5.32 Å². The number of rotatable bonds is 5. The topological polar surface area (TPSA) is 42.0 Å². The largest absolute Gasteiger partial charge is 0.418 e. The van der Waals surface area contributed by atoms with Gasteiger partial charge in [0.15, 0.2) is 0 Å². The number of nitrogens with one attached hydrogen (secondary N) is 1. The Hall–Kier alpha value is -2.54. The van der Waals surface area contributed by atoms with Crippen LogP contribution in [0.15, 0.2) is 65.7 Å². The molecule has 3 aromatic rings. The smallest absolute Gasteiger partial charge is 0.325 e. The molecule has 3 rings (SSSR count). The van der Waals surface area contributed by atoms with Gasteiger partial charge in [-0.1, -0.05) is 55.1 Å². The van der Waals surface area contributed by atoms with E-state index >= 15 is 0 Å². The van der Waals surface area contributed by atoms with Crippen LogP contribution in [0.4, 0.5) is 18.9 Å². The lowest BCUT2D eigenvalue weighted by molar-refractivity contribution is -0.137. The molecular weight excluding hydrogens is 373 g/mol. The summed E-state index contributed by atoms with van der Waals surface area (Å²) in [4.78, 5) is 17.1. The quantitative estimate of drug-likeness (QED) is 0.563. The van der Waals surface area contributed by atoms with Crippen molar-refractivity contribution in [2.75, 3.05) is 5.32 Å². The Labute approximate surface area is 159 Å². The second-order valence-corrected chi connectivity index (χ2v) is 7.11. The zero-order valence-electron chi connectivity index (χ0n) is 14.5. The molecule has 1 aromatic heterocycles. The van der Waals surface area contributed by atoms with Crippen molar-refractivity contribution in [2.24, 2.45) is 0 Å². The van der Waals surface area contributed by atoms with Crippen LogP contribution in [0.2, 0.25) is 0 Å². The van der Waals surface area contributed by atoms with Crippen molar-refractivity contribution in [3.05, 3.63) is 66.2 Å². The molecule has 27 heavy (non-hydrogen) atoms. The van der Waals surface area contributed by atoms with Gasteiger partial charge in [-0.3, -0.25) is 4.79 Å². The first-order valence-corrected chi connectivity index (χ1v) is 9.26. The molecule has 0 aliphatic carbocycles. The van der Waals surface area contributed by atoms with Gasteiger partial charge in [0.1, 0.15) is 0 Å². The number of carbonyl (C=O) groups excluding carboxylic acids is 1. The molecule has 0 spiro atoms. The molecule has 140 valence electrons. The van der Waals surface area contributed by atoms with Gasteiger partial charge in [0.05, 0.1) is 27.0 Å². The summed E-state index contributed by atoms with van der Waals surface area (Å²) < 4.78 is 39.3. The van der Waals surface area contributed by atoms with Crippen LogP contribution in [0.25, 0.3) is 10.9 Å². The number of carbonyl (C=O) groups is 1. The number of pyridine rings is 1. The van der Waals surface area contributed by atoms with E-state index in [0.29, 0.717) is 11.4 Å². The zero-order valence-corrected chi connectivity index (χ0v) is 15.3. The fourth-order valence-corrected chi connectivity index (χ4v) is 3.56. The number of hydrogen-bond acceptors (Lipinski definition) is 3. The number of para-hydroxylation sites is 2. The van der Waals surface area contributed by atoms with Gasteiger partial charge in [-0.25, -0.2) is 4.98 Å². The highest BCUT2D eigenvalue weighted by Gasteiger charge is 2.34. The van der Waals surface area contributed by atoms with Gasteiger partial charge in [0, 0.05) is 5.39 Å². The Morgan fingerprint density at radius 3 is 2.52 bits per heavy atom. The predicted molar refractivity (Wildman–Crippen MR) is 102 cm³/mol. The summed E-state index contributed by atoms with van der Waals surface area (Å²) in [5.41, 5.74) is -0.289. The first kappa shape index (κ1) is 19.2. The maximum absolute atomic E-state index is 13.1. The SMILES string of the molecule is CCC(Sc1ccc2ccccc2n1)C(=O)Nc1ccccc1C(F)(F)F. The second kappa shape index (κ2) is 8.00. The number of fused-ring (bicyclic) bond motifs is 1. The number of nitrogens with zero attached hydrogens (tertiary/aromatic N) is 1. The van der Waals surface area contributed by atoms with Crippen LogP contribution in [-0.4, -0.2) is 16.1 Å². The van der Waals surface area contributed by atoms with Gasteiger partial charge in [-0.15, -0.1) is 0 Å². The number of hydrogen-bond donors (Lipinski definition) is 1. The summed E-state index contributed by atoms with van der Waals surface area (Å²) in [5.74, 6) is -0.478. The van der Waals surface area contributed by atoms with E-state index in [1.54, 1.807) is 0 Å². The van der Waals surface area contributed by atoms with Crippen molar-refractivity contribution in [1.29, 1.82) is 0 Å². The molecule has 0 radical (unpaired) electrons. The third-order valence-electron chi connectivity index (χ3n) is 3.99. The van der Waals surface area contributed by atoms with Crippen LogP contribution in [-0.2, 0) is 11.0 Å². The minimum absolute atomic E-state index is 0.236. The van der Waals surface area contributed by atoms with Crippen LogP contribution in [0.1, 0.15) is 18.9 Å². The summed E-state index contributed by atoms with van der Waals surface area (Å²) in [5, 5.41) is 3.50. The summed E-state index contributed by atoms with van der Waals surface area (Å²) in [7, 11) is 0. The van der Waals surface area contributed by atoms with Crippen LogP contribution >= 0.6 is 11.8 Å². The molecule has 0 saturated carbocycles. The minimum atomic E-state index is -4.53. The molecule has 2 aromatic carbocycles. The van der Waals surface area contributed by atoms with Crippen LogP contribution in [0.3, 0.4) is 0 Å². The molecule has 1 heterocycles. The highest BCUT2D eigenvalue weighted by Crippen LogP contribution is 2.35. The van der Waals surface area contributed by atoms with Crippen molar-refractivity contribution < 1.29 is 18.0 Å². The lowest BCUT2D eigenvalue weighted by atomic mass is 10.1. The van der Waals surface area contributed by atoms with Crippen LogP contribution in [0, 0.1) is 0 Å². The summed E-state index contributed by atoms with van der Waals surface area (Å²) in [6.07, 6.45) is -4.07. The van der Waals surface area contributed by atoms with Gasteiger partial charge in [-0.05, 0) is 30.7 Å². The van der Waals surface area contributed by atoms with E-state index in [4.69, 9.17) is 0 Å². The number of anilines is 1. The Morgan fingerprint density at radius 2 is 1.78 bits per heavy atom. The van der Waals surface area contributed by atoms with Crippen LogP contribution < -0.4 is 5.32 Å². The Kier molecular flexibility index (Phi) is 5.70. The zero-order chi connectivity index (χ0) is 19.4. The van der Waals surface area contributed by atoms with Crippen molar-refractivity contribution in [3.8, 4) is 0 Å². The normalized spacial score (nSPS) is 12.7. The Morgan fingerprint density at radius 1 is 1.07 bits per heavy atom. The van der Waals surface area contributed by atoms with Crippen LogP contribution in [0.5, 0.6) is 0 Å².